The number of anilines is 2. The summed E-state index contributed by atoms with van der Waals surface area (Å²) in [5.41, 5.74) is 3.55. The van der Waals surface area contributed by atoms with Crippen molar-refractivity contribution in [1.82, 2.24) is 0 Å². The van der Waals surface area contributed by atoms with E-state index in [1.165, 1.54) is 12.1 Å². The number of hydrogen-bond acceptors (Lipinski definition) is 4. The number of aryl methyl sites for hydroxylation is 2. The highest BCUT2D eigenvalue weighted by atomic mass is 32.2. The number of hydrogen-bond donors (Lipinski definition) is 1. The van der Waals surface area contributed by atoms with E-state index >= 15 is 0 Å². The predicted molar refractivity (Wildman–Crippen MR) is 121 cm³/mol. The molecular formula is C24H24N2O4S. The molecule has 0 fully saturated rings. The van der Waals surface area contributed by atoms with Crippen LogP contribution in [-0.4, -0.2) is 28.0 Å². The van der Waals surface area contributed by atoms with Gasteiger partial charge in [0.05, 0.1) is 12.0 Å². The molecule has 3 aromatic carbocycles. The molecule has 0 saturated carbocycles. The van der Waals surface area contributed by atoms with E-state index in [1.807, 2.05) is 31.2 Å². The maximum Gasteiger partial charge on any atom is 0.261 e. The quantitative estimate of drug-likeness (QED) is 0.643. The number of methoxy groups -OCH3 is 1. The summed E-state index contributed by atoms with van der Waals surface area (Å²) in [6.07, 6.45) is 1.80. The van der Waals surface area contributed by atoms with Gasteiger partial charge in [-0.1, -0.05) is 24.3 Å². The number of fused-ring (bicyclic) bond motifs is 1. The lowest BCUT2D eigenvalue weighted by Gasteiger charge is -2.30. The second-order valence-corrected chi connectivity index (χ2v) is 9.18. The number of carbonyl (C=O) groups excluding carboxylic acids is 1. The van der Waals surface area contributed by atoms with Crippen molar-refractivity contribution in [3.63, 3.8) is 0 Å². The average Bonchev–Trinajstić information content (AvgIpc) is 2.78. The van der Waals surface area contributed by atoms with Gasteiger partial charge < -0.3 is 9.64 Å². The lowest BCUT2D eigenvalue weighted by Crippen LogP contribution is -2.36. The van der Waals surface area contributed by atoms with Crippen molar-refractivity contribution in [3.05, 3.63) is 83.4 Å². The Morgan fingerprint density at radius 2 is 1.77 bits per heavy atom. The van der Waals surface area contributed by atoms with Crippen LogP contribution in [0, 0.1) is 6.92 Å². The zero-order valence-corrected chi connectivity index (χ0v) is 18.3. The Hall–Kier alpha value is -3.32. The summed E-state index contributed by atoms with van der Waals surface area (Å²) in [5, 5.41) is 0. The van der Waals surface area contributed by atoms with Gasteiger partial charge in [0.1, 0.15) is 5.75 Å². The number of rotatable bonds is 5. The number of benzene rings is 3. The number of carbonyl (C=O) groups is 1. The van der Waals surface area contributed by atoms with Gasteiger partial charge in [0.15, 0.2) is 0 Å². The Labute approximate surface area is 182 Å². The SMILES string of the molecule is COc1ccc(NS(=O)(=O)c2ccc(C)c(C(=O)N3CCCc4ccccc43)c2)cc1. The molecule has 0 saturated heterocycles. The number of ether oxygens (including phenoxy) is 1. The van der Waals surface area contributed by atoms with Gasteiger partial charge in [0.25, 0.3) is 15.9 Å². The Morgan fingerprint density at radius 1 is 1.03 bits per heavy atom. The van der Waals surface area contributed by atoms with Crippen LogP contribution in [0.25, 0.3) is 0 Å². The van der Waals surface area contributed by atoms with Crippen LogP contribution in [0.4, 0.5) is 11.4 Å². The van der Waals surface area contributed by atoms with E-state index in [1.54, 1.807) is 42.3 Å². The van der Waals surface area contributed by atoms with Crippen LogP contribution in [0.3, 0.4) is 0 Å². The molecule has 160 valence electrons. The number of nitrogens with one attached hydrogen (secondary N) is 1. The molecule has 1 N–H and O–H groups in total. The third-order valence-electron chi connectivity index (χ3n) is 5.45. The summed E-state index contributed by atoms with van der Waals surface area (Å²) in [6.45, 7) is 2.42. The van der Waals surface area contributed by atoms with Crippen molar-refractivity contribution in [2.24, 2.45) is 0 Å². The predicted octanol–water partition coefficient (Wildman–Crippen LogP) is 4.40. The van der Waals surface area contributed by atoms with Gasteiger partial charge in [-0.2, -0.15) is 0 Å². The van der Waals surface area contributed by atoms with Gasteiger partial charge in [-0.15, -0.1) is 0 Å². The molecule has 3 aromatic rings. The first-order chi connectivity index (χ1) is 14.9. The van der Waals surface area contributed by atoms with E-state index in [4.69, 9.17) is 4.74 Å². The normalized spacial score (nSPS) is 13.4. The monoisotopic (exact) mass is 436 g/mol. The van der Waals surface area contributed by atoms with Crippen molar-refractivity contribution >= 4 is 27.3 Å². The van der Waals surface area contributed by atoms with Gasteiger partial charge in [-0.05, 0) is 73.4 Å². The van der Waals surface area contributed by atoms with Crippen molar-refractivity contribution in [3.8, 4) is 5.75 Å². The highest BCUT2D eigenvalue weighted by Crippen LogP contribution is 2.29. The molecule has 31 heavy (non-hydrogen) atoms. The Bertz CT molecular complexity index is 1220. The topological polar surface area (TPSA) is 75.7 Å². The largest absolute Gasteiger partial charge is 0.497 e. The van der Waals surface area contributed by atoms with Crippen LogP contribution in [0.1, 0.15) is 27.9 Å². The minimum Gasteiger partial charge on any atom is -0.497 e. The van der Waals surface area contributed by atoms with Crippen LogP contribution in [0.5, 0.6) is 5.75 Å². The minimum atomic E-state index is -3.86. The lowest BCUT2D eigenvalue weighted by atomic mass is 10.00. The molecule has 6 nitrogen and oxygen atoms in total. The zero-order chi connectivity index (χ0) is 22.0. The van der Waals surface area contributed by atoms with E-state index < -0.39 is 10.0 Å². The molecule has 0 aliphatic carbocycles. The molecule has 0 aromatic heterocycles. The van der Waals surface area contributed by atoms with Gasteiger partial charge in [-0.3, -0.25) is 9.52 Å². The molecule has 0 radical (unpaired) electrons. The zero-order valence-electron chi connectivity index (χ0n) is 17.5. The average molecular weight is 437 g/mol. The van der Waals surface area contributed by atoms with Crippen LogP contribution in [-0.2, 0) is 16.4 Å². The van der Waals surface area contributed by atoms with Gasteiger partial charge in [0.2, 0.25) is 0 Å². The number of nitrogens with zero attached hydrogens (tertiary/aromatic N) is 1. The smallest absolute Gasteiger partial charge is 0.261 e. The van der Waals surface area contributed by atoms with E-state index in [-0.39, 0.29) is 10.8 Å². The first kappa shape index (κ1) is 20.9. The molecule has 1 aliphatic rings. The molecule has 1 aliphatic heterocycles. The first-order valence-corrected chi connectivity index (χ1v) is 11.5. The third kappa shape index (κ3) is 4.27. The summed E-state index contributed by atoms with van der Waals surface area (Å²) >= 11 is 0. The fourth-order valence-corrected chi connectivity index (χ4v) is 4.85. The van der Waals surface area contributed by atoms with Crippen molar-refractivity contribution in [1.29, 1.82) is 0 Å². The van der Waals surface area contributed by atoms with Crippen molar-refractivity contribution in [2.75, 3.05) is 23.3 Å². The minimum absolute atomic E-state index is 0.0440. The first-order valence-electron chi connectivity index (χ1n) is 10.1. The van der Waals surface area contributed by atoms with Crippen LogP contribution in [0.15, 0.2) is 71.6 Å². The van der Waals surface area contributed by atoms with Crippen LogP contribution in [0.2, 0.25) is 0 Å². The molecule has 4 rings (SSSR count). The molecule has 0 bridgehead atoms. The second-order valence-electron chi connectivity index (χ2n) is 7.50. The molecule has 1 heterocycles. The van der Waals surface area contributed by atoms with Crippen LogP contribution < -0.4 is 14.4 Å². The number of sulfonamides is 1. The summed E-state index contributed by atoms with van der Waals surface area (Å²) in [7, 11) is -2.31. The summed E-state index contributed by atoms with van der Waals surface area (Å²) in [4.78, 5) is 15.2. The Balaban J connectivity index is 1.64. The molecule has 0 spiro atoms. The summed E-state index contributed by atoms with van der Waals surface area (Å²) in [5.74, 6) is 0.444. The lowest BCUT2D eigenvalue weighted by molar-refractivity contribution is 0.0984. The maximum atomic E-state index is 13.4. The highest BCUT2D eigenvalue weighted by molar-refractivity contribution is 7.92. The molecular weight excluding hydrogens is 412 g/mol. The molecule has 7 heteroatoms. The third-order valence-corrected chi connectivity index (χ3v) is 6.83. The van der Waals surface area contributed by atoms with Crippen LogP contribution >= 0.6 is 0 Å². The van der Waals surface area contributed by atoms with Gasteiger partial charge >= 0.3 is 0 Å². The molecule has 0 atom stereocenters. The van der Waals surface area contributed by atoms with E-state index in [0.717, 1.165) is 29.7 Å². The van der Waals surface area contributed by atoms with E-state index in [2.05, 4.69) is 4.72 Å². The second kappa shape index (κ2) is 8.43. The fraction of sp³-hybridized carbons (Fsp3) is 0.208. The molecule has 1 amide bonds. The highest BCUT2D eigenvalue weighted by Gasteiger charge is 2.26. The van der Waals surface area contributed by atoms with Gasteiger partial charge in [-0.25, -0.2) is 8.42 Å². The standard InChI is InChI=1S/C24H24N2O4S/c1-17-9-14-21(31(28,29)25-19-10-12-20(30-2)13-11-19)16-22(17)24(27)26-15-5-7-18-6-3-4-8-23(18)26/h3-4,6,8-14,16,25H,5,7,15H2,1-2H3. The van der Waals surface area contributed by atoms with Gasteiger partial charge in [0, 0.05) is 23.5 Å². The van der Waals surface area contributed by atoms with Crippen molar-refractivity contribution in [2.45, 2.75) is 24.7 Å². The number of para-hydroxylation sites is 1. The Morgan fingerprint density at radius 3 is 2.52 bits per heavy atom. The maximum absolute atomic E-state index is 13.4. The van der Waals surface area contributed by atoms with E-state index in [9.17, 15) is 13.2 Å². The molecule has 0 unspecified atom stereocenters. The Kier molecular flexibility index (Phi) is 5.69. The van der Waals surface area contributed by atoms with E-state index in [0.29, 0.717) is 23.5 Å². The summed E-state index contributed by atoms with van der Waals surface area (Å²) in [6, 6.07) is 19.1. The summed E-state index contributed by atoms with van der Waals surface area (Å²) < 4.78 is 33.6. The fourth-order valence-electron chi connectivity index (χ4n) is 3.76. The van der Waals surface area contributed by atoms with Crippen molar-refractivity contribution < 1.29 is 17.9 Å². The number of amides is 1.